The molecule has 0 N–H and O–H groups in total. The average molecular weight is 549 g/mol. The lowest BCUT2D eigenvalue weighted by atomic mass is 10.0. The van der Waals surface area contributed by atoms with Crippen LogP contribution in [0.2, 0.25) is 0 Å². The van der Waals surface area contributed by atoms with Crippen LogP contribution in [0.15, 0.2) is 109 Å². The lowest BCUT2D eigenvalue weighted by Gasteiger charge is -2.27. The number of hydrogen-bond acceptors (Lipinski definition) is 6. The van der Waals surface area contributed by atoms with E-state index in [1.54, 1.807) is 0 Å². The molecule has 8 heteroatoms. The van der Waals surface area contributed by atoms with E-state index in [9.17, 15) is 9.13 Å². The van der Waals surface area contributed by atoms with Crippen molar-refractivity contribution < 1.29 is 18.2 Å². The topological polar surface area (TPSA) is 52.6 Å². The highest BCUT2D eigenvalue weighted by Gasteiger charge is 2.37. The maximum Gasteiger partial charge on any atom is 0.334 e. The Morgan fingerprint density at radius 1 is 0.528 bits per heavy atom. The smallest absolute Gasteiger partial charge is 0.334 e. The second-order valence-corrected chi connectivity index (χ2v) is 17.2. The van der Waals surface area contributed by atoms with Crippen molar-refractivity contribution in [2.75, 3.05) is 11.5 Å². The van der Waals surface area contributed by atoms with E-state index >= 15 is 0 Å². The van der Waals surface area contributed by atoms with E-state index in [1.807, 2.05) is 109 Å². The van der Waals surface area contributed by atoms with Crippen LogP contribution in [0.5, 0.6) is 11.5 Å². The van der Waals surface area contributed by atoms with Gasteiger partial charge in [-0.2, -0.15) is 0 Å². The number of fused-ring (bicyclic) bond motifs is 6. The zero-order chi connectivity index (χ0) is 24.6. The predicted molar refractivity (Wildman–Crippen MR) is 154 cm³/mol. The van der Waals surface area contributed by atoms with Crippen LogP contribution >= 0.6 is 35.9 Å². The molecule has 0 saturated carbocycles. The van der Waals surface area contributed by atoms with E-state index in [0.717, 1.165) is 32.9 Å². The van der Waals surface area contributed by atoms with E-state index in [1.165, 1.54) is 22.8 Å². The van der Waals surface area contributed by atoms with Crippen molar-refractivity contribution in [1.29, 1.82) is 0 Å². The molecular weight excluding hydrogens is 526 g/mol. The van der Waals surface area contributed by atoms with Gasteiger partial charge in [0.2, 0.25) is 0 Å². The molecule has 36 heavy (non-hydrogen) atoms. The molecule has 0 fully saturated rings. The quantitative estimate of drug-likeness (QED) is 0.179. The molecule has 4 nitrogen and oxygen atoms in total. The molecule has 4 aromatic rings. The Morgan fingerprint density at radius 2 is 0.889 bits per heavy atom. The van der Waals surface area contributed by atoms with E-state index in [2.05, 4.69) is 0 Å². The Bertz CT molecular complexity index is 1470. The van der Waals surface area contributed by atoms with E-state index in [4.69, 9.17) is 9.05 Å². The Morgan fingerprint density at radius 3 is 1.33 bits per heavy atom. The Labute approximate surface area is 218 Å². The van der Waals surface area contributed by atoms with Crippen molar-refractivity contribution in [2.24, 2.45) is 0 Å². The summed E-state index contributed by atoms with van der Waals surface area (Å²) in [7, 11) is 0. The summed E-state index contributed by atoms with van der Waals surface area (Å²) in [4.78, 5) is 0. The highest BCUT2D eigenvalue weighted by Crippen LogP contribution is 2.64. The lowest BCUT2D eigenvalue weighted by Crippen LogP contribution is -2.15. The highest BCUT2D eigenvalue weighted by molar-refractivity contribution is 8.59. The van der Waals surface area contributed by atoms with Crippen LogP contribution in [-0.2, 0) is 9.13 Å². The summed E-state index contributed by atoms with van der Waals surface area (Å²) in [5.41, 5.74) is 3.85. The first-order valence-electron chi connectivity index (χ1n) is 11.5. The van der Waals surface area contributed by atoms with Gasteiger partial charge in [-0.25, -0.2) is 0 Å². The summed E-state index contributed by atoms with van der Waals surface area (Å²) in [6.07, 6.45) is 3.92. The van der Waals surface area contributed by atoms with Gasteiger partial charge in [0.25, 0.3) is 0 Å². The van der Waals surface area contributed by atoms with Crippen molar-refractivity contribution in [3.8, 4) is 33.8 Å². The van der Waals surface area contributed by atoms with Crippen LogP contribution in [-0.4, -0.2) is 11.5 Å². The van der Waals surface area contributed by atoms with Gasteiger partial charge in [0.05, 0.1) is 10.6 Å². The minimum atomic E-state index is -3.13. The molecule has 2 heterocycles. The summed E-state index contributed by atoms with van der Waals surface area (Å²) in [5, 5.41) is 1.48. The van der Waals surface area contributed by atoms with Crippen LogP contribution in [0.25, 0.3) is 22.3 Å². The molecule has 0 aromatic heterocycles. The molecule has 4 aromatic carbocycles. The maximum absolute atomic E-state index is 13.8. The van der Waals surface area contributed by atoms with Crippen LogP contribution < -0.4 is 19.7 Å². The van der Waals surface area contributed by atoms with Crippen molar-refractivity contribution >= 4 is 46.5 Å². The monoisotopic (exact) mass is 548 g/mol. The normalized spacial score (nSPS) is 21.4. The summed E-state index contributed by atoms with van der Waals surface area (Å²) >= 11 is 2.61. The van der Waals surface area contributed by atoms with Gasteiger partial charge in [-0.1, -0.05) is 84.9 Å². The van der Waals surface area contributed by atoms with E-state index in [0.29, 0.717) is 23.0 Å². The standard InChI is InChI=1S/C28H22O4P2S2/c29-33(27-17-7-3-13-23(27)21-11-1-5-15-25(21)31-33)35-19-9-10-20-36-34(30)28-18-8-4-14-24(28)22-12-2-6-16-26(22)32-34/h1-18H,19-20H2. The van der Waals surface area contributed by atoms with Crippen molar-refractivity contribution in [3.63, 3.8) is 0 Å². The third kappa shape index (κ3) is 4.27. The molecular formula is C28H22O4P2S2. The van der Waals surface area contributed by atoms with E-state index in [-0.39, 0.29) is 0 Å². The second kappa shape index (κ2) is 9.68. The third-order valence-corrected chi connectivity index (χ3v) is 14.8. The molecule has 2 atom stereocenters. The summed E-state index contributed by atoms with van der Waals surface area (Å²) in [6.45, 7) is -6.25. The molecule has 0 spiro atoms. The van der Waals surface area contributed by atoms with Crippen LogP contribution in [0, 0.1) is 0 Å². The fraction of sp³-hybridized carbons (Fsp3) is 0.0714. The van der Waals surface area contributed by atoms with Gasteiger partial charge in [-0.3, -0.25) is 9.13 Å². The SMILES string of the molecule is O=P1(SCC=CCSP2(=O)Oc3ccccc3-c3ccccc32)Oc2ccccc2-c2ccccc21. The van der Waals surface area contributed by atoms with Gasteiger partial charge in [-0.05, 0) is 47.0 Å². The molecule has 0 saturated heterocycles. The first-order chi connectivity index (χ1) is 17.6. The number of hydrogen-bond donors (Lipinski definition) is 0. The maximum atomic E-state index is 13.8. The first-order valence-corrected chi connectivity index (χ1v) is 17.9. The predicted octanol–water partition coefficient (Wildman–Crippen LogP) is 8.17. The molecule has 0 radical (unpaired) electrons. The molecule has 2 unspecified atom stereocenters. The molecule has 0 aliphatic carbocycles. The minimum Gasteiger partial charge on any atom is -0.432 e. The van der Waals surface area contributed by atoms with Crippen molar-refractivity contribution in [3.05, 3.63) is 109 Å². The number of benzene rings is 4. The van der Waals surface area contributed by atoms with Gasteiger partial charge in [0.1, 0.15) is 11.5 Å². The minimum absolute atomic E-state index is 0.513. The zero-order valence-corrected chi connectivity index (χ0v) is 22.6. The summed E-state index contributed by atoms with van der Waals surface area (Å²) < 4.78 is 39.8. The molecule has 2 aliphatic rings. The average Bonchev–Trinajstić information content (AvgIpc) is 2.91. The molecule has 0 bridgehead atoms. The Balaban J connectivity index is 1.14. The summed E-state index contributed by atoms with van der Waals surface area (Å²) in [6, 6.07) is 30.9. The lowest BCUT2D eigenvalue weighted by molar-refractivity contribution is 0.507. The summed E-state index contributed by atoms with van der Waals surface area (Å²) in [5.74, 6) is 2.33. The van der Waals surface area contributed by atoms with Crippen LogP contribution in [0.4, 0.5) is 0 Å². The van der Waals surface area contributed by atoms with Gasteiger partial charge in [0.15, 0.2) is 0 Å². The molecule has 180 valence electrons. The third-order valence-electron chi connectivity index (χ3n) is 6.04. The highest BCUT2D eigenvalue weighted by atomic mass is 32.7. The Kier molecular flexibility index (Phi) is 6.39. The van der Waals surface area contributed by atoms with Gasteiger partial charge < -0.3 is 9.05 Å². The van der Waals surface area contributed by atoms with Gasteiger partial charge in [0, 0.05) is 33.8 Å². The van der Waals surface area contributed by atoms with Crippen molar-refractivity contribution in [1.82, 2.24) is 0 Å². The second-order valence-electron chi connectivity index (χ2n) is 8.27. The van der Waals surface area contributed by atoms with Gasteiger partial charge in [-0.15, -0.1) is 0 Å². The van der Waals surface area contributed by atoms with Crippen LogP contribution in [0.1, 0.15) is 0 Å². The van der Waals surface area contributed by atoms with E-state index < -0.39 is 13.1 Å². The molecule has 6 rings (SSSR count). The largest absolute Gasteiger partial charge is 0.432 e. The first kappa shape index (κ1) is 23.8. The fourth-order valence-electron chi connectivity index (χ4n) is 4.39. The Hall–Kier alpha value is -2.62. The molecule has 2 aliphatic heterocycles. The number of rotatable bonds is 6. The molecule has 0 amide bonds. The van der Waals surface area contributed by atoms with Crippen LogP contribution in [0.3, 0.4) is 0 Å². The number of para-hydroxylation sites is 2. The van der Waals surface area contributed by atoms with Crippen molar-refractivity contribution in [2.45, 2.75) is 0 Å². The fourth-order valence-corrected chi connectivity index (χ4v) is 12.4. The zero-order valence-electron chi connectivity index (χ0n) is 19.2. The van der Waals surface area contributed by atoms with Gasteiger partial charge >= 0.3 is 13.1 Å².